The standard InChI is InChI=1S/C11H21NO3/c1-7-5-10(11(14)8(2)15-7)12-4-3-9(13)6-12/h7-11,13-14H,3-6H2,1-2H3/t7-,8+,9-,10?,11?/m1/s1. The molecule has 4 heteroatoms. The van der Waals surface area contributed by atoms with Gasteiger partial charge in [0.1, 0.15) is 0 Å². The molecule has 0 aromatic carbocycles. The molecule has 88 valence electrons. The highest BCUT2D eigenvalue weighted by atomic mass is 16.5. The Morgan fingerprint density at radius 3 is 2.60 bits per heavy atom. The number of rotatable bonds is 1. The van der Waals surface area contributed by atoms with Crippen LogP contribution in [0.15, 0.2) is 0 Å². The lowest BCUT2D eigenvalue weighted by Crippen LogP contribution is -2.53. The van der Waals surface area contributed by atoms with E-state index in [0.717, 1.165) is 19.4 Å². The van der Waals surface area contributed by atoms with Crippen molar-refractivity contribution >= 4 is 0 Å². The third-order valence-corrected chi connectivity index (χ3v) is 3.56. The zero-order chi connectivity index (χ0) is 11.0. The third-order valence-electron chi connectivity index (χ3n) is 3.56. The van der Waals surface area contributed by atoms with E-state index in [4.69, 9.17) is 4.74 Å². The lowest BCUT2D eigenvalue weighted by molar-refractivity contribution is -0.138. The van der Waals surface area contributed by atoms with Gasteiger partial charge in [-0.15, -0.1) is 0 Å². The quantitative estimate of drug-likeness (QED) is 0.645. The normalized spacial score (nSPS) is 48.4. The predicted octanol–water partition coefficient (Wildman–Crippen LogP) is -0.0202. The highest BCUT2D eigenvalue weighted by molar-refractivity contribution is 4.92. The zero-order valence-corrected chi connectivity index (χ0v) is 9.47. The molecule has 2 heterocycles. The predicted molar refractivity (Wildman–Crippen MR) is 56.6 cm³/mol. The van der Waals surface area contributed by atoms with Gasteiger partial charge < -0.3 is 14.9 Å². The molecule has 2 unspecified atom stereocenters. The van der Waals surface area contributed by atoms with E-state index in [9.17, 15) is 10.2 Å². The van der Waals surface area contributed by atoms with Crippen molar-refractivity contribution in [1.82, 2.24) is 4.90 Å². The van der Waals surface area contributed by atoms with Crippen LogP contribution in [-0.4, -0.2) is 58.7 Å². The van der Waals surface area contributed by atoms with Crippen molar-refractivity contribution in [3.05, 3.63) is 0 Å². The fourth-order valence-electron chi connectivity index (χ4n) is 2.73. The van der Waals surface area contributed by atoms with Gasteiger partial charge in [-0.05, 0) is 26.7 Å². The van der Waals surface area contributed by atoms with Crippen LogP contribution in [0.4, 0.5) is 0 Å². The van der Waals surface area contributed by atoms with Gasteiger partial charge in [0.2, 0.25) is 0 Å². The van der Waals surface area contributed by atoms with Crippen molar-refractivity contribution in [3.8, 4) is 0 Å². The molecule has 0 amide bonds. The average molecular weight is 215 g/mol. The van der Waals surface area contributed by atoms with Gasteiger partial charge in [-0.2, -0.15) is 0 Å². The second-order valence-corrected chi connectivity index (χ2v) is 4.88. The molecule has 0 aromatic rings. The maximum absolute atomic E-state index is 10.1. The van der Waals surface area contributed by atoms with Crippen molar-refractivity contribution < 1.29 is 14.9 Å². The fraction of sp³-hybridized carbons (Fsp3) is 1.00. The number of hydrogen-bond acceptors (Lipinski definition) is 4. The Balaban J connectivity index is 2.00. The number of aliphatic hydroxyl groups excluding tert-OH is 2. The van der Waals surface area contributed by atoms with Crippen LogP contribution in [0.3, 0.4) is 0 Å². The van der Waals surface area contributed by atoms with Crippen molar-refractivity contribution in [2.24, 2.45) is 0 Å². The minimum atomic E-state index is -0.425. The van der Waals surface area contributed by atoms with Crippen LogP contribution in [0.1, 0.15) is 26.7 Å². The summed E-state index contributed by atoms with van der Waals surface area (Å²) in [5.41, 5.74) is 0. The van der Waals surface area contributed by atoms with E-state index in [2.05, 4.69) is 4.90 Å². The summed E-state index contributed by atoms with van der Waals surface area (Å²) >= 11 is 0. The smallest absolute Gasteiger partial charge is 0.0954 e. The van der Waals surface area contributed by atoms with Crippen LogP contribution >= 0.6 is 0 Å². The van der Waals surface area contributed by atoms with E-state index < -0.39 is 6.10 Å². The Morgan fingerprint density at radius 2 is 2.00 bits per heavy atom. The molecule has 5 atom stereocenters. The highest BCUT2D eigenvalue weighted by Crippen LogP contribution is 2.26. The van der Waals surface area contributed by atoms with Gasteiger partial charge in [-0.25, -0.2) is 0 Å². The first-order valence-electron chi connectivity index (χ1n) is 5.83. The lowest BCUT2D eigenvalue weighted by atomic mass is 9.95. The van der Waals surface area contributed by atoms with Crippen molar-refractivity contribution in [3.63, 3.8) is 0 Å². The zero-order valence-electron chi connectivity index (χ0n) is 9.47. The highest BCUT2D eigenvalue weighted by Gasteiger charge is 2.39. The molecule has 4 nitrogen and oxygen atoms in total. The number of hydrogen-bond donors (Lipinski definition) is 2. The summed E-state index contributed by atoms with van der Waals surface area (Å²) in [6, 6.07) is 0.154. The van der Waals surface area contributed by atoms with Crippen LogP contribution in [0, 0.1) is 0 Å². The van der Waals surface area contributed by atoms with Gasteiger partial charge in [0, 0.05) is 19.1 Å². The molecule has 0 bridgehead atoms. The SMILES string of the molecule is C[C@@H]1CC(N2CC[C@@H](O)C2)C(O)[C@H](C)O1. The van der Waals surface area contributed by atoms with E-state index in [-0.39, 0.29) is 24.4 Å². The Labute approximate surface area is 90.8 Å². The van der Waals surface area contributed by atoms with Crippen LogP contribution in [0.25, 0.3) is 0 Å². The first kappa shape index (κ1) is 11.3. The fourth-order valence-corrected chi connectivity index (χ4v) is 2.73. The third kappa shape index (κ3) is 2.33. The largest absolute Gasteiger partial charge is 0.392 e. The summed E-state index contributed by atoms with van der Waals surface area (Å²) in [5.74, 6) is 0. The minimum Gasteiger partial charge on any atom is -0.392 e. The Morgan fingerprint density at radius 1 is 1.27 bits per heavy atom. The molecule has 2 fully saturated rings. The molecule has 2 rings (SSSR count). The molecule has 2 N–H and O–H groups in total. The van der Waals surface area contributed by atoms with Crippen LogP contribution in [0.2, 0.25) is 0 Å². The average Bonchev–Trinajstić information content (AvgIpc) is 2.58. The first-order valence-corrected chi connectivity index (χ1v) is 5.83. The summed E-state index contributed by atoms with van der Waals surface area (Å²) < 4.78 is 5.58. The maximum Gasteiger partial charge on any atom is 0.0954 e. The number of nitrogens with zero attached hydrogens (tertiary/aromatic N) is 1. The summed E-state index contributed by atoms with van der Waals surface area (Å²) in [6.07, 6.45) is 1.14. The minimum absolute atomic E-state index is 0.100. The molecule has 0 aliphatic carbocycles. The van der Waals surface area contributed by atoms with Gasteiger partial charge in [0.15, 0.2) is 0 Å². The second kappa shape index (κ2) is 4.37. The van der Waals surface area contributed by atoms with Crippen LogP contribution in [-0.2, 0) is 4.74 Å². The Kier molecular flexibility index (Phi) is 3.30. The topological polar surface area (TPSA) is 52.9 Å². The van der Waals surface area contributed by atoms with Gasteiger partial charge >= 0.3 is 0 Å². The van der Waals surface area contributed by atoms with Crippen molar-refractivity contribution in [2.75, 3.05) is 13.1 Å². The summed E-state index contributed by atoms with van der Waals surface area (Å²) in [6.45, 7) is 5.55. The molecule has 0 aromatic heterocycles. The van der Waals surface area contributed by atoms with Crippen molar-refractivity contribution in [2.45, 2.75) is 57.1 Å². The summed E-state index contributed by atoms with van der Waals surface area (Å²) in [4.78, 5) is 2.20. The van der Waals surface area contributed by atoms with E-state index >= 15 is 0 Å². The van der Waals surface area contributed by atoms with Gasteiger partial charge in [0.05, 0.1) is 24.4 Å². The molecule has 0 spiro atoms. The Bertz CT molecular complexity index is 224. The Hall–Kier alpha value is -0.160. The van der Waals surface area contributed by atoms with Crippen molar-refractivity contribution in [1.29, 1.82) is 0 Å². The molecule has 0 radical (unpaired) electrons. The van der Waals surface area contributed by atoms with E-state index in [0.29, 0.717) is 6.54 Å². The molecule has 2 aliphatic heterocycles. The number of likely N-dealkylation sites (tertiary alicyclic amines) is 1. The van der Waals surface area contributed by atoms with E-state index in [1.165, 1.54) is 0 Å². The maximum atomic E-state index is 10.1. The molecule has 15 heavy (non-hydrogen) atoms. The van der Waals surface area contributed by atoms with Gasteiger partial charge in [-0.1, -0.05) is 0 Å². The van der Waals surface area contributed by atoms with Crippen LogP contribution < -0.4 is 0 Å². The molecular formula is C11H21NO3. The van der Waals surface area contributed by atoms with Gasteiger partial charge in [-0.3, -0.25) is 4.90 Å². The number of ether oxygens (including phenoxy) is 1. The first-order chi connectivity index (χ1) is 7.08. The number of aliphatic hydroxyl groups is 2. The van der Waals surface area contributed by atoms with Crippen LogP contribution in [0.5, 0.6) is 0 Å². The monoisotopic (exact) mass is 215 g/mol. The second-order valence-electron chi connectivity index (χ2n) is 4.88. The van der Waals surface area contributed by atoms with E-state index in [1.807, 2.05) is 13.8 Å². The van der Waals surface area contributed by atoms with E-state index in [1.54, 1.807) is 0 Å². The van der Waals surface area contributed by atoms with Gasteiger partial charge in [0.25, 0.3) is 0 Å². The lowest BCUT2D eigenvalue weighted by Gasteiger charge is -2.41. The molecule has 2 aliphatic rings. The number of β-amino-alcohol motifs (C(OH)–C–C–N with tert-alkyl or cyclic N) is 1. The summed E-state index contributed by atoms with van der Waals surface area (Å²) in [5, 5.41) is 19.5. The molecular weight excluding hydrogens is 194 g/mol. The summed E-state index contributed by atoms with van der Waals surface area (Å²) in [7, 11) is 0. The molecule has 0 saturated carbocycles. The molecule has 2 saturated heterocycles.